The SMILES string of the molecule is Cn1nnnc1NCCC(=O)NC1CC1. The lowest BCUT2D eigenvalue weighted by molar-refractivity contribution is -0.120. The number of aryl methyl sites for hydroxylation is 1. The van der Waals surface area contributed by atoms with Gasteiger partial charge in [0, 0.05) is 26.1 Å². The van der Waals surface area contributed by atoms with Gasteiger partial charge in [-0.05, 0) is 23.3 Å². The number of tetrazole rings is 1. The molecule has 15 heavy (non-hydrogen) atoms. The van der Waals surface area contributed by atoms with Gasteiger partial charge >= 0.3 is 0 Å². The Labute approximate surface area is 87.2 Å². The first-order chi connectivity index (χ1) is 7.25. The number of aromatic nitrogens is 4. The fourth-order valence-corrected chi connectivity index (χ4v) is 1.19. The molecule has 1 fully saturated rings. The molecule has 0 atom stereocenters. The highest BCUT2D eigenvalue weighted by Gasteiger charge is 2.22. The lowest BCUT2D eigenvalue weighted by Crippen LogP contribution is -2.27. The van der Waals surface area contributed by atoms with Gasteiger partial charge < -0.3 is 10.6 Å². The third kappa shape index (κ3) is 2.90. The summed E-state index contributed by atoms with van der Waals surface area (Å²) in [4.78, 5) is 11.3. The normalized spacial score (nSPS) is 15.0. The Morgan fingerprint density at radius 2 is 2.40 bits per heavy atom. The van der Waals surface area contributed by atoms with Gasteiger partial charge in [-0.1, -0.05) is 5.10 Å². The molecule has 0 spiro atoms. The van der Waals surface area contributed by atoms with Crippen molar-refractivity contribution in [1.82, 2.24) is 25.5 Å². The first-order valence-electron chi connectivity index (χ1n) is 5.01. The summed E-state index contributed by atoms with van der Waals surface area (Å²) in [6, 6.07) is 0.425. The Hall–Kier alpha value is -1.66. The molecular weight excluding hydrogens is 196 g/mol. The Morgan fingerprint density at radius 1 is 1.60 bits per heavy atom. The molecule has 1 aromatic rings. The molecule has 0 radical (unpaired) electrons. The van der Waals surface area contributed by atoms with E-state index < -0.39 is 0 Å². The number of carbonyl (C=O) groups is 1. The number of nitrogens with zero attached hydrogens (tertiary/aromatic N) is 4. The topological polar surface area (TPSA) is 84.7 Å². The quantitative estimate of drug-likeness (QED) is 0.670. The van der Waals surface area contributed by atoms with Crippen LogP contribution in [-0.2, 0) is 11.8 Å². The molecule has 1 saturated carbocycles. The van der Waals surface area contributed by atoms with Crippen molar-refractivity contribution in [1.29, 1.82) is 0 Å². The van der Waals surface area contributed by atoms with E-state index in [9.17, 15) is 4.79 Å². The second kappa shape index (κ2) is 4.24. The van der Waals surface area contributed by atoms with Crippen molar-refractivity contribution in [2.75, 3.05) is 11.9 Å². The van der Waals surface area contributed by atoms with Crippen LogP contribution in [-0.4, -0.2) is 38.7 Å². The fourth-order valence-electron chi connectivity index (χ4n) is 1.19. The lowest BCUT2D eigenvalue weighted by Gasteiger charge is -2.04. The molecule has 1 aromatic heterocycles. The van der Waals surface area contributed by atoms with Gasteiger partial charge in [-0.15, -0.1) is 0 Å². The molecule has 0 saturated heterocycles. The third-order valence-electron chi connectivity index (χ3n) is 2.20. The van der Waals surface area contributed by atoms with Crippen LogP contribution in [0.2, 0.25) is 0 Å². The van der Waals surface area contributed by atoms with Crippen molar-refractivity contribution in [2.45, 2.75) is 25.3 Å². The van der Waals surface area contributed by atoms with Gasteiger partial charge in [-0.3, -0.25) is 4.79 Å². The van der Waals surface area contributed by atoms with E-state index in [2.05, 4.69) is 26.2 Å². The first kappa shape index (κ1) is 9.88. The van der Waals surface area contributed by atoms with Crippen LogP contribution in [0.3, 0.4) is 0 Å². The molecule has 1 aliphatic rings. The summed E-state index contributed by atoms with van der Waals surface area (Å²) in [5.74, 6) is 0.661. The highest BCUT2D eigenvalue weighted by Crippen LogP contribution is 2.18. The minimum atomic E-state index is 0.0835. The summed E-state index contributed by atoms with van der Waals surface area (Å²) in [6.45, 7) is 0.548. The molecule has 0 aliphatic heterocycles. The van der Waals surface area contributed by atoms with Gasteiger partial charge in [-0.2, -0.15) is 0 Å². The summed E-state index contributed by atoms with van der Waals surface area (Å²) in [5.41, 5.74) is 0. The number of amides is 1. The van der Waals surface area contributed by atoms with E-state index in [0.29, 0.717) is 25.0 Å². The summed E-state index contributed by atoms with van der Waals surface area (Å²) in [7, 11) is 1.74. The zero-order valence-electron chi connectivity index (χ0n) is 8.60. The number of nitrogens with one attached hydrogen (secondary N) is 2. The van der Waals surface area contributed by atoms with Crippen molar-refractivity contribution >= 4 is 11.9 Å². The Morgan fingerprint density at radius 3 is 3.00 bits per heavy atom. The van der Waals surface area contributed by atoms with Crippen LogP contribution in [0.25, 0.3) is 0 Å². The van der Waals surface area contributed by atoms with E-state index in [1.165, 1.54) is 4.68 Å². The maximum Gasteiger partial charge on any atom is 0.242 e. The smallest absolute Gasteiger partial charge is 0.242 e. The lowest BCUT2D eigenvalue weighted by atomic mass is 10.4. The van der Waals surface area contributed by atoms with Crippen LogP contribution in [0.5, 0.6) is 0 Å². The molecule has 0 bridgehead atoms. The minimum absolute atomic E-state index is 0.0835. The number of carbonyl (C=O) groups excluding carboxylic acids is 1. The molecule has 1 heterocycles. The molecule has 7 nitrogen and oxygen atoms in total. The van der Waals surface area contributed by atoms with Crippen molar-refractivity contribution in [3.63, 3.8) is 0 Å². The average molecular weight is 210 g/mol. The zero-order valence-corrected chi connectivity index (χ0v) is 8.60. The molecule has 7 heteroatoms. The number of anilines is 1. The summed E-state index contributed by atoms with van der Waals surface area (Å²) < 4.78 is 1.53. The largest absolute Gasteiger partial charge is 0.353 e. The van der Waals surface area contributed by atoms with Crippen LogP contribution in [0.15, 0.2) is 0 Å². The molecule has 0 unspecified atom stereocenters. The van der Waals surface area contributed by atoms with Crippen LogP contribution in [0.1, 0.15) is 19.3 Å². The van der Waals surface area contributed by atoms with Crippen LogP contribution < -0.4 is 10.6 Å². The highest BCUT2D eigenvalue weighted by molar-refractivity contribution is 5.77. The van der Waals surface area contributed by atoms with Crippen LogP contribution in [0, 0.1) is 0 Å². The maximum absolute atomic E-state index is 11.3. The summed E-state index contributed by atoms with van der Waals surface area (Å²) >= 11 is 0. The van der Waals surface area contributed by atoms with Crippen molar-refractivity contribution < 1.29 is 4.79 Å². The molecule has 0 aromatic carbocycles. The Balaban J connectivity index is 1.65. The minimum Gasteiger partial charge on any atom is -0.353 e. The molecule has 2 rings (SSSR count). The average Bonchev–Trinajstić information content (AvgIpc) is 2.91. The molecule has 1 amide bonds. The van der Waals surface area contributed by atoms with E-state index in [4.69, 9.17) is 0 Å². The van der Waals surface area contributed by atoms with E-state index >= 15 is 0 Å². The van der Waals surface area contributed by atoms with Crippen molar-refractivity contribution in [3.05, 3.63) is 0 Å². The molecule has 1 aliphatic carbocycles. The van der Waals surface area contributed by atoms with Gasteiger partial charge in [0.25, 0.3) is 0 Å². The van der Waals surface area contributed by atoms with Gasteiger partial charge in [0.2, 0.25) is 11.9 Å². The standard InChI is InChI=1S/C8H14N6O/c1-14-8(11-12-13-14)9-5-4-7(15)10-6-2-3-6/h6H,2-5H2,1H3,(H,10,15)(H,9,11,13). The van der Waals surface area contributed by atoms with Crippen molar-refractivity contribution in [3.8, 4) is 0 Å². The third-order valence-corrected chi connectivity index (χ3v) is 2.20. The predicted molar refractivity (Wildman–Crippen MR) is 53.1 cm³/mol. The molecule has 82 valence electrons. The number of rotatable bonds is 5. The molecular formula is C8H14N6O. The van der Waals surface area contributed by atoms with E-state index in [0.717, 1.165) is 12.8 Å². The van der Waals surface area contributed by atoms with Gasteiger partial charge in [0.15, 0.2) is 0 Å². The van der Waals surface area contributed by atoms with Gasteiger partial charge in [0.05, 0.1) is 0 Å². The Kier molecular flexibility index (Phi) is 2.79. The number of hydrogen-bond donors (Lipinski definition) is 2. The predicted octanol–water partition coefficient (Wildman–Crippen LogP) is -0.709. The second-order valence-corrected chi connectivity index (χ2v) is 3.64. The monoisotopic (exact) mass is 210 g/mol. The second-order valence-electron chi connectivity index (χ2n) is 3.64. The first-order valence-corrected chi connectivity index (χ1v) is 5.01. The zero-order chi connectivity index (χ0) is 10.7. The van der Waals surface area contributed by atoms with E-state index in [1.54, 1.807) is 7.05 Å². The van der Waals surface area contributed by atoms with Crippen LogP contribution >= 0.6 is 0 Å². The Bertz CT molecular complexity index is 345. The number of hydrogen-bond acceptors (Lipinski definition) is 5. The van der Waals surface area contributed by atoms with Gasteiger partial charge in [0.1, 0.15) is 0 Å². The van der Waals surface area contributed by atoms with Crippen molar-refractivity contribution in [2.24, 2.45) is 7.05 Å². The summed E-state index contributed by atoms with van der Waals surface area (Å²) in [5, 5.41) is 16.8. The van der Waals surface area contributed by atoms with Crippen LogP contribution in [0.4, 0.5) is 5.95 Å². The fraction of sp³-hybridized carbons (Fsp3) is 0.750. The van der Waals surface area contributed by atoms with Gasteiger partial charge in [-0.25, -0.2) is 4.68 Å². The highest BCUT2D eigenvalue weighted by atomic mass is 16.1. The van der Waals surface area contributed by atoms with E-state index in [-0.39, 0.29) is 5.91 Å². The molecule has 2 N–H and O–H groups in total. The summed E-state index contributed by atoms with van der Waals surface area (Å²) in [6.07, 6.45) is 2.68. The van der Waals surface area contributed by atoms with E-state index in [1.807, 2.05) is 0 Å². The maximum atomic E-state index is 11.3.